The van der Waals surface area contributed by atoms with Gasteiger partial charge in [-0.25, -0.2) is 9.97 Å². The van der Waals surface area contributed by atoms with Gasteiger partial charge >= 0.3 is 0 Å². The van der Waals surface area contributed by atoms with Crippen LogP contribution in [0.25, 0.3) is 10.7 Å². The molecule has 0 bridgehead atoms. The molecule has 90 valence electrons. The van der Waals surface area contributed by atoms with Crippen molar-refractivity contribution in [1.29, 1.82) is 0 Å². The summed E-state index contributed by atoms with van der Waals surface area (Å²) < 4.78 is 0. The monoisotopic (exact) mass is 266 g/mol. The zero-order valence-corrected chi connectivity index (χ0v) is 11.9. The molecule has 0 atom stereocenters. The van der Waals surface area contributed by atoms with Gasteiger partial charge in [0.1, 0.15) is 10.7 Å². The number of hydrogen-bond acceptors (Lipinski definition) is 5. The highest BCUT2D eigenvalue weighted by atomic mass is 32.1. The molecular formula is C12H14N2OS2. The molecule has 5 heteroatoms. The summed E-state index contributed by atoms with van der Waals surface area (Å²) in [4.78, 5) is 20.7. The normalized spacial score (nSPS) is 11.8. The molecule has 0 aliphatic rings. The highest BCUT2D eigenvalue weighted by Crippen LogP contribution is 2.31. The molecule has 0 saturated heterocycles. The van der Waals surface area contributed by atoms with Gasteiger partial charge in [0, 0.05) is 23.9 Å². The second kappa shape index (κ2) is 4.31. The molecule has 0 unspecified atom stereocenters. The fourth-order valence-corrected chi connectivity index (χ4v) is 3.01. The first-order valence-electron chi connectivity index (χ1n) is 5.31. The fraction of sp³-hybridized carbons (Fsp3) is 0.417. The van der Waals surface area contributed by atoms with Crippen molar-refractivity contribution in [3.05, 3.63) is 21.5 Å². The van der Waals surface area contributed by atoms with Crippen molar-refractivity contribution < 1.29 is 4.79 Å². The molecule has 0 spiro atoms. The number of carbonyl (C=O) groups is 1. The third-order valence-corrected chi connectivity index (χ3v) is 4.61. The van der Waals surface area contributed by atoms with Crippen molar-refractivity contribution in [2.45, 2.75) is 33.1 Å². The average Bonchev–Trinajstić information content (AvgIpc) is 2.85. The highest BCUT2D eigenvalue weighted by molar-refractivity contribution is 7.17. The molecule has 0 N–H and O–H groups in total. The van der Waals surface area contributed by atoms with Gasteiger partial charge in [-0.15, -0.1) is 22.7 Å². The molecule has 0 aromatic carbocycles. The minimum absolute atomic E-state index is 0.0556. The van der Waals surface area contributed by atoms with Crippen LogP contribution < -0.4 is 0 Å². The van der Waals surface area contributed by atoms with E-state index in [1.165, 1.54) is 11.3 Å². The number of Topliss-reactive ketones (excluding diaryl/α,β-unsaturated/α-hetero) is 1. The quantitative estimate of drug-likeness (QED) is 0.777. The minimum atomic E-state index is 0.0556. The van der Waals surface area contributed by atoms with Gasteiger partial charge < -0.3 is 0 Å². The fourth-order valence-electron chi connectivity index (χ4n) is 1.27. The second-order valence-electron chi connectivity index (χ2n) is 4.87. The van der Waals surface area contributed by atoms with E-state index in [2.05, 4.69) is 30.7 Å². The Morgan fingerprint density at radius 2 is 2.06 bits per heavy atom. The van der Waals surface area contributed by atoms with E-state index in [9.17, 15) is 4.79 Å². The van der Waals surface area contributed by atoms with Crippen LogP contribution in [0.2, 0.25) is 0 Å². The SMILES string of the molecule is CC(=O)c1cnc(-c2csc(C(C)(C)C)n2)s1. The Bertz CT molecular complexity index is 549. The molecule has 2 aromatic heterocycles. The summed E-state index contributed by atoms with van der Waals surface area (Å²) in [5.74, 6) is 0.0556. The van der Waals surface area contributed by atoms with Crippen LogP contribution in [0, 0.1) is 0 Å². The molecule has 17 heavy (non-hydrogen) atoms. The maximum absolute atomic E-state index is 11.2. The molecule has 0 radical (unpaired) electrons. The van der Waals surface area contributed by atoms with Crippen LogP contribution in [0.3, 0.4) is 0 Å². The summed E-state index contributed by atoms with van der Waals surface area (Å²) in [7, 11) is 0. The molecular weight excluding hydrogens is 252 g/mol. The summed E-state index contributed by atoms with van der Waals surface area (Å²) >= 11 is 3.04. The van der Waals surface area contributed by atoms with E-state index in [0.29, 0.717) is 4.88 Å². The Kier molecular flexibility index (Phi) is 3.14. The zero-order chi connectivity index (χ0) is 12.6. The second-order valence-corrected chi connectivity index (χ2v) is 6.76. The van der Waals surface area contributed by atoms with Gasteiger partial charge in [-0.05, 0) is 0 Å². The number of hydrogen-bond donors (Lipinski definition) is 0. The topological polar surface area (TPSA) is 42.9 Å². The van der Waals surface area contributed by atoms with Crippen molar-refractivity contribution in [3.63, 3.8) is 0 Å². The molecule has 0 saturated carbocycles. The Morgan fingerprint density at radius 3 is 2.53 bits per heavy atom. The van der Waals surface area contributed by atoms with Gasteiger partial charge in [0.2, 0.25) is 0 Å². The maximum Gasteiger partial charge on any atom is 0.171 e. The van der Waals surface area contributed by atoms with Gasteiger partial charge in [0.15, 0.2) is 5.78 Å². The van der Waals surface area contributed by atoms with E-state index in [-0.39, 0.29) is 11.2 Å². The smallest absolute Gasteiger partial charge is 0.171 e. The van der Waals surface area contributed by atoms with Gasteiger partial charge in [0.25, 0.3) is 0 Å². The first-order valence-corrected chi connectivity index (χ1v) is 7.00. The van der Waals surface area contributed by atoms with Crippen LogP contribution >= 0.6 is 22.7 Å². The van der Waals surface area contributed by atoms with Crippen LogP contribution in [-0.4, -0.2) is 15.8 Å². The van der Waals surface area contributed by atoms with Gasteiger partial charge in [0.05, 0.1) is 9.88 Å². The lowest BCUT2D eigenvalue weighted by Gasteiger charge is -2.13. The largest absolute Gasteiger partial charge is 0.294 e. The third kappa shape index (κ3) is 2.61. The highest BCUT2D eigenvalue weighted by Gasteiger charge is 2.19. The predicted molar refractivity (Wildman–Crippen MR) is 71.9 cm³/mol. The lowest BCUT2D eigenvalue weighted by molar-refractivity contribution is 0.102. The lowest BCUT2D eigenvalue weighted by atomic mass is 9.98. The third-order valence-electron chi connectivity index (χ3n) is 2.22. The number of aromatic nitrogens is 2. The van der Waals surface area contributed by atoms with E-state index < -0.39 is 0 Å². The first kappa shape index (κ1) is 12.4. The molecule has 2 heterocycles. The van der Waals surface area contributed by atoms with Crippen molar-refractivity contribution >= 4 is 28.5 Å². The van der Waals surface area contributed by atoms with E-state index in [4.69, 9.17) is 0 Å². The number of nitrogens with zero attached hydrogens (tertiary/aromatic N) is 2. The number of carbonyl (C=O) groups excluding carboxylic acids is 1. The van der Waals surface area contributed by atoms with Crippen molar-refractivity contribution in [1.82, 2.24) is 9.97 Å². The maximum atomic E-state index is 11.2. The molecule has 0 amide bonds. The summed E-state index contributed by atoms with van der Waals surface area (Å²) in [5, 5.41) is 3.91. The van der Waals surface area contributed by atoms with Crippen molar-refractivity contribution in [3.8, 4) is 10.7 Å². The molecule has 2 rings (SSSR count). The standard InChI is InChI=1S/C12H14N2OS2/c1-7(15)9-5-13-10(17-9)8-6-16-11(14-8)12(2,3)4/h5-6H,1-4H3. The Labute approximate surface area is 109 Å². The molecule has 3 nitrogen and oxygen atoms in total. The summed E-state index contributed by atoms with van der Waals surface area (Å²) in [6.07, 6.45) is 1.62. The average molecular weight is 266 g/mol. The summed E-state index contributed by atoms with van der Waals surface area (Å²) in [6.45, 7) is 7.97. The zero-order valence-electron chi connectivity index (χ0n) is 10.3. The van der Waals surface area contributed by atoms with Gasteiger partial charge in [-0.1, -0.05) is 20.8 Å². The Hall–Kier alpha value is -1.07. The number of rotatable bonds is 2. The summed E-state index contributed by atoms with van der Waals surface area (Å²) in [6, 6.07) is 0. The molecule has 0 fully saturated rings. The summed E-state index contributed by atoms with van der Waals surface area (Å²) in [5.41, 5.74) is 0.932. The number of ketones is 1. The lowest BCUT2D eigenvalue weighted by Crippen LogP contribution is -2.10. The minimum Gasteiger partial charge on any atom is -0.294 e. The van der Waals surface area contributed by atoms with Crippen molar-refractivity contribution in [2.24, 2.45) is 0 Å². The van der Waals surface area contributed by atoms with Crippen LogP contribution in [0.1, 0.15) is 42.4 Å². The Balaban J connectivity index is 2.34. The van der Waals surface area contributed by atoms with E-state index in [1.54, 1.807) is 24.5 Å². The van der Waals surface area contributed by atoms with E-state index in [0.717, 1.165) is 15.7 Å². The molecule has 0 aliphatic carbocycles. The van der Waals surface area contributed by atoms with Gasteiger partial charge in [-0.3, -0.25) is 4.79 Å². The number of thiazole rings is 2. The Morgan fingerprint density at radius 1 is 1.35 bits per heavy atom. The molecule has 0 aliphatic heterocycles. The molecule has 2 aromatic rings. The van der Waals surface area contributed by atoms with Crippen LogP contribution in [0.15, 0.2) is 11.6 Å². The first-order chi connectivity index (χ1) is 7.88. The van der Waals surface area contributed by atoms with Crippen molar-refractivity contribution in [2.75, 3.05) is 0 Å². The van der Waals surface area contributed by atoms with Gasteiger partial charge in [-0.2, -0.15) is 0 Å². The van der Waals surface area contributed by atoms with Crippen LogP contribution in [-0.2, 0) is 5.41 Å². The predicted octanol–water partition coefficient (Wildman–Crippen LogP) is 3.77. The van der Waals surface area contributed by atoms with E-state index >= 15 is 0 Å². The van der Waals surface area contributed by atoms with Crippen LogP contribution in [0.4, 0.5) is 0 Å². The van der Waals surface area contributed by atoms with Crippen LogP contribution in [0.5, 0.6) is 0 Å². The van der Waals surface area contributed by atoms with E-state index in [1.807, 2.05) is 5.38 Å².